The Bertz CT molecular complexity index is 346. The van der Waals surface area contributed by atoms with Crippen LogP contribution >= 0.6 is 0 Å². The summed E-state index contributed by atoms with van der Waals surface area (Å²) in [4.78, 5) is 0. The first-order chi connectivity index (χ1) is 8.27. The van der Waals surface area contributed by atoms with E-state index in [4.69, 9.17) is 9.47 Å². The second-order valence-corrected chi connectivity index (χ2v) is 4.56. The van der Waals surface area contributed by atoms with Crippen LogP contribution in [0.4, 0.5) is 0 Å². The Morgan fingerprint density at radius 3 is 2.29 bits per heavy atom. The average molecular weight is 232 g/mol. The maximum atomic E-state index is 5.79. The Kier molecular flexibility index (Phi) is 4.35. The molecule has 0 aliphatic carbocycles. The standard InChI is InChI=1S/C15H20O2/c1-12-8-10-16-15(17-11-9-12)13(2)14-6-4-3-5-7-14/h3-7,13,15H,1,8-11H2,2H3. The molecule has 1 saturated heterocycles. The predicted molar refractivity (Wildman–Crippen MR) is 68.9 cm³/mol. The molecule has 1 atom stereocenters. The maximum Gasteiger partial charge on any atom is 0.164 e. The lowest BCUT2D eigenvalue weighted by Crippen LogP contribution is -2.27. The highest BCUT2D eigenvalue weighted by molar-refractivity contribution is 5.19. The van der Waals surface area contributed by atoms with E-state index in [1.54, 1.807) is 0 Å². The second-order valence-electron chi connectivity index (χ2n) is 4.56. The van der Waals surface area contributed by atoms with Crippen molar-refractivity contribution < 1.29 is 9.47 Å². The normalized spacial score (nSPS) is 20.6. The third-order valence-corrected chi connectivity index (χ3v) is 3.21. The number of hydrogen-bond acceptors (Lipinski definition) is 2. The molecule has 0 N–H and O–H groups in total. The molecular formula is C15H20O2. The Morgan fingerprint density at radius 1 is 1.12 bits per heavy atom. The molecule has 1 aromatic carbocycles. The fourth-order valence-corrected chi connectivity index (χ4v) is 2.01. The van der Waals surface area contributed by atoms with E-state index < -0.39 is 0 Å². The Morgan fingerprint density at radius 2 is 1.71 bits per heavy atom. The Hall–Kier alpha value is -1.12. The summed E-state index contributed by atoms with van der Waals surface area (Å²) in [6.07, 6.45) is 1.76. The van der Waals surface area contributed by atoms with Gasteiger partial charge in [-0.15, -0.1) is 0 Å². The third kappa shape index (κ3) is 3.42. The molecule has 0 saturated carbocycles. The number of rotatable bonds is 2. The summed E-state index contributed by atoms with van der Waals surface area (Å²) < 4.78 is 11.6. The van der Waals surface area contributed by atoms with E-state index in [9.17, 15) is 0 Å². The van der Waals surface area contributed by atoms with Crippen molar-refractivity contribution in [1.82, 2.24) is 0 Å². The molecule has 1 unspecified atom stereocenters. The largest absolute Gasteiger partial charge is 0.352 e. The van der Waals surface area contributed by atoms with Gasteiger partial charge in [-0.25, -0.2) is 0 Å². The van der Waals surface area contributed by atoms with Crippen LogP contribution in [0.25, 0.3) is 0 Å². The summed E-state index contributed by atoms with van der Waals surface area (Å²) in [5.74, 6) is 0.266. The lowest BCUT2D eigenvalue weighted by molar-refractivity contribution is -0.157. The molecule has 0 bridgehead atoms. The molecule has 1 aromatic rings. The summed E-state index contributed by atoms with van der Waals surface area (Å²) in [5.41, 5.74) is 2.48. The van der Waals surface area contributed by atoms with E-state index in [1.807, 2.05) is 6.07 Å². The van der Waals surface area contributed by atoms with E-state index >= 15 is 0 Å². The number of hydrogen-bond donors (Lipinski definition) is 0. The van der Waals surface area contributed by atoms with Crippen LogP contribution in [-0.4, -0.2) is 19.5 Å². The average Bonchev–Trinajstić information content (AvgIpc) is 2.34. The van der Waals surface area contributed by atoms with Crippen molar-refractivity contribution in [2.45, 2.75) is 32.0 Å². The van der Waals surface area contributed by atoms with Crippen LogP contribution in [0.15, 0.2) is 42.5 Å². The van der Waals surface area contributed by atoms with Gasteiger partial charge in [0.25, 0.3) is 0 Å². The van der Waals surface area contributed by atoms with Crippen molar-refractivity contribution in [3.05, 3.63) is 48.0 Å². The summed E-state index contributed by atoms with van der Waals surface area (Å²) in [6, 6.07) is 10.4. The van der Waals surface area contributed by atoms with Gasteiger partial charge in [-0.3, -0.25) is 0 Å². The zero-order chi connectivity index (χ0) is 12.1. The SMILES string of the molecule is C=C1CCOC(C(C)c2ccccc2)OCC1. The van der Waals surface area contributed by atoms with Crippen LogP contribution in [0.3, 0.4) is 0 Å². The quantitative estimate of drug-likeness (QED) is 0.727. The molecule has 92 valence electrons. The molecular weight excluding hydrogens is 212 g/mol. The van der Waals surface area contributed by atoms with Crippen molar-refractivity contribution in [2.24, 2.45) is 0 Å². The first kappa shape index (κ1) is 12.3. The molecule has 2 heteroatoms. The van der Waals surface area contributed by atoms with Gasteiger partial charge in [0.1, 0.15) is 0 Å². The number of ether oxygens (including phenoxy) is 2. The van der Waals surface area contributed by atoms with Gasteiger partial charge in [0.05, 0.1) is 13.2 Å². The topological polar surface area (TPSA) is 18.5 Å². The Labute approximate surface area is 103 Å². The monoisotopic (exact) mass is 232 g/mol. The molecule has 1 aliphatic rings. The zero-order valence-corrected chi connectivity index (χ0v) is 10.4. The lowest BCUT2D eigenvalue weighted by atomic mass is 10.0. The second kappa shape index (κ2) is 5.99. The minimum absolute atomic E-state index is 0.134. The smallest absolute Gasteiger partial charge is 0.164 e. The summed E-state index contributed by atoms with van der Waals surface area (Å²) in [6.45, 7) is 7.55. The van der Waals surface area contributed by atoms with Crippen molar-refractivity contribution in [2.75, 3.05) is 13.2 Å². The molecule has 2 nitrogen and oxygen atoms in total. The highest BCUT2D eigenvalue weighted by Gasteiger charge is 2.21. The summed E-state index contributed by atoms with van der Waals surface area (Å²) in [5, 5.41) is 0. The first-order valence-corrected chi connectivity index (χ1v) is 6.22. The fourth-order valence-electron chi connectivity index (χ4n) is 2.01. The number of benzene rings is 1. The van der Waals surface area contributed by atoms with Gasteiger partial charge in [-0.05, 0) is 18.4 Å². The summed E-state index contributed by atoms with van der Waals surface area (Å²) in [7, 11) is 0. The molecule has 1 fully saturated rings. The van der Waals surface area contributed by atoms with Crippen molar-refractivity contribution in [3.63, 3.8) is 0 Å². The third-order valence-electron chi connectivity index (χ3n) is 3.21. The maximum absolute atomic E-state index is 5.79. The van der Waals surface area contributed by atoms with E-state index in [0.29, 0.717) is 13.2 Å². The van der Waals surface area contributed by atoms with Gasteiger partial charge in [0, 0.05) is 5.92 Å². The van der Waals surface area contributed by atoms with E-state index in [-0.39, 0.29) is 12.2 Å². The van der Waals surface area contributed by atoms with Crippen molar-refractivity contribution in [1.29, 1.82) is 0 Å². The van der Waals surface area contributed by atoms with E-state index in [2.05, 4.69) is 37.8 Å². The predicted octanol–water partition coefficient (Wildman–Crippen LogP) is 3.50. The minimum Gasteiger partial charge on any atom is -0.352 e. The van der Waals surface area contributed by atoms with Crippen LogP contribution in [0.5, 0.6) is 0 Å². The van der Waals surface area contributed by atoms with Gasteiger partial charge in [0.2, 0.25) is 0 Å². The van der Waals surface area contributed by atoms with Crippen LogP contribution in [0, 0.1) is 0 Å². The van der Waals surface area contributed by atoms with Gasteiger partial charge < -0.3 is 9.47 Å². The van der Waals surface area contributed by atoms with Gasteiger partial charge in [-0.1, -0.05) is 49.4 Å². The van der Waals surface area contributed by atoms with Gasteiger partial charge in [-0.2, -0.15) is 0 Å². The molecule has 0 radical (unpaired) electrons. The molecule has 0 spiro atoms. The van der Waals surface area contributed by atoms with Crippen LogP contribution in [0.2, 0.25) is 0 Å². The molecule has 2 rings (SSSR count). The van der Waals surface area contributed by atoms with Crippen molar-refractivity contribution >= 4 is 0 Å². The zero-order valence-electron chi connectivity index (χ0n) is 10.4. The Balaban J connectivity index is 1.99. The molecule has 0 amide bonds. The fraction of sp³-hybridized carbons (Fsp3) is 0.467. The van der Waals surface area contributed by atoms with Crippen LogP contribution < -0.4 is 0 Å². The molecule has 17 heavy (non-hydrogen) atoms. The minimum atomic E-state index is -0.134. The van der Waals surface area contributed by atoms with Crippen LogP contribution in [-0.2, 0) is 9.47 Å². The van der Waals surface area contributed by atoms with E-state index in [1.165, 1.54) is 11.1 Å². The molecule has 1 heterocycles. The summed E-state index contributed by atoms with van der Waals surface area (Å²) >= 11 is 0. The molecule has 1 aliphatic heterocycles. The lowest BCUT2D eigenvalue weighted by Gasteiger charge is -2.27. The van der Waals surface area contributed by atoms with Crippen LogP contribution in [0.1, 0.15) is 31.2 Å². The highest BCUT2D eigenvalue weighted by atomic mass is 16.7. The van der Waals surface area contributed by atoms with Gasteiger partial charge >= 0.3 is 0 Å². The van der Waals surface area contributed by atoms with Gasteiger partial charge in [0.15, 0.2) is 6.29 Å². The van der Waals surface area contributed by atoms with Crippen molar-refractivity contribution in [3.8, 4) is 0 Å². The van der Waals surface area contributed by atoms with E-state index in [0.717, 1.165) is 12.8 Å². The molecule has 0 aromatic heterocycles. The highest BCUT2D eigenvalue weighted by Crippen LogP contribution is 2.24. The first-order valence-electron chi connectivity index (χ1n) is 6.22.